The lowest BCUT2D eigenvalue weighted by atomic mass is 10.4. The molecule has 7 heteroatoms. The van der Waals surface area contributed by atoms with Crippen molar-refractivity contribution in [3.05, 3.63) is 17.8 Å². The summed E-state index contributed by atoms with van der Waals surface area (Å²) in [4.78, 5) is 3.89. The molecule has 0 aliphatic rings. The minimum atomic E-state index is -3.43. The molecule has 6 nitrogen and oxygen atoms in total. The Morgan fingerprint density at radius 3 is 2.87 bits per heavy atom. The molecule has 0 aliphatic carbocycles. The fraction of sp³-hybridized carbons (Fsp3) is 0.625. The Labute approximate surface area is 88.4 Å². The third-order valence-electron chi connectivity index (χ3n) is 1.75. The van der Waals surface area contributed by atoms with Crippen molar-refractivity contribution < 1.29 is 17.9 Å². The highest BCUT2D eigenvalue weighted by atomic mass is 32.2. The average molecular weight is 234 g/mol. The van der Waals surface area contributed by atoms with Crippen molar-refractivity contribution in [1.82, 2.24) is 9.71 Å². The van der Waals surface area contributed by atoms with Crippen molar-refractivity contribution in [1.29, 1.82) is 0 Å². The van der Waals surface area contributed by atoms with Gasteiger partial charge in [-0.3, -0.25) is 0 Å². The number of hydrogen-bond acceptors (Lipinski definition) is 5. The Kier molecular flexibility index (Phi) is 4.25. The molecule has 15 heavy (non-hydrogen) atoms. The summed E-state index contributed by atoms with van der Waals surface area (Å²) in [5.74, 6) is 0.730. The van der Waals surface area contributed by atoms with Gasteiger partial charge in [-0.05, 0) is 0 Å². The second-order valence-electron chi connectivity index (χ2n) is 2.94. The van der Waals surface area contributed by atoms with Crippen LogP contribution in [0.15, 0.2) is 10.6 Å². The van der Waals surface area contributed by atoms with E-state index >= 15 is 0 Å². The van der Waals surface area contributed by atoms with Crippen molar-refractivity contribution in [2.24, 2.45) is 0 Å². The van der Waals surface area contributed by atoms with Crippen molar-refractivity contribution in [3.63, 3.8) is 0 Å². The van der Waals surface area contributed by atoms with E-state index in [2.05, 4.69) is 9.71 Å². The van der Waals surface area contributed by atoms with Gasteiger partial charge in [0.25, 0.3) is 0 Å². The highest BCUT2D eigenvalue weighted by molar-refractivity contribution is 7.89. The van der Waals surface area contributed by atoms with Gasteiger partial charge in [0.2, 0.25) is 15.9 Å². The number of nitrogens with zero attached hydrogens (tertiary/aromatic N) is 1. The fourth-order valence-corrected chi connectivity index (χ4v) is 1.69. The van der Waals surface area contributed by atoms with Crippen LogP contribution in [0.5, 0.6) is 0 Å². The molecular formula is C8H14N2O4S. The molecule has 86 valence electrons. The van der Waals surface area contributed by atoms with Crippen LogP contribution < -0.4 is 4.72 Å². The minimum absolute atomic E-state index is 0.0162. The molecule has 0 amide bonds. The lowest BCUT2D eigenvalue weighted by molar-refractivity contribution is 0.319. The van der Waals surface area contributed by atoms with Gasteiger partial charge in [0, 0.05) is 6.42 Å². The maximum Gasteiger partial charge on any atom is 0.214 e. The van der Waals surface area contributed by atoms with Crippen LogP contribution in [0.3, 0.4) is 0 Å². The molecule has 0 saturated carbocycles. The molecule has 1 rings (SSSR count). The van der Waals surface area contributed by atoms with Gasteiger partial charge in [-0.1, -0.05) is 6.92 Å². The third kappa shape index (κ3) is 3.98. The molecule has 0 spiro atoms. The van der Waals surface area contributed by atoms with Crippen molar-refractivity contribution >= 4 is 10.0 Å². The molecule has 0 bridgehead atoms. The molecule has 1 aromatic rings. The molecule has 0 unspecified atom stereocenters. The van der Waals surface area contributed by atoms with E-state index in [1.165, 1.54) is 0 Å². The number of sulfonamides is 1. The van der Waals surface area contributed by atoms with Crippen LogP contribution in [0, 0.1) is 0 Å². The quantitative estimate of drug-likeness (QED) is 0.701. The first-order valence-corrected chi connectivity index (χ1v) is 6.24. The number of aliphatic hydroxyl groups is 1. The van der Waals surface area contributed by atoms with E-state index in [4.69, 9.17) is 9.52 Å². The van der Waals surface area contributed by atoms with Crippen molar-refractivity contribution in [2.45, 2.75) is 19.9 Å². The Bertz CT molecular complexity index is 399. The Morgan fingerprint density at radius 1 is 1.60 bits per heavy atom. The summed E-state index contributed by atoms with van der Waals surface area (Å²) >= 11 is 0. The lowest BCUT2D eigenvalue weighted by Crippen LogP contribution is -2.27. The molecule has 0 aromatic carbocycles. The second-order valence-corrected chi connectivity index (χ2v) is 4.86. The summed E-state index contributed by atoms with van der Waals surface area (Å²) in [6, 6.07) is 0. The van der Waals surface area contributed by atoms with Gasteiger partial charge in [0.05, 0.1) is 25.1 Å². The molecule has 2 N–H and O–H groups in total. The van der Waals surface area contributed by atoms with Gasteiger partial charge in [-0.15, -0.1) is 0 Å². The summed E-state index contributed by atoms with van der Waals surface area (Å²) in [5, 5.41) is 8.48. The second kappa shape index (κ2) is 5.24. The number of aryl methyl sites for hydroxylation is 1. The van der Waals surface area contributed by atoms with Gasteiger partial charge in [-0.25, -0.2) is 18.1 Å². The van der Waals surface area contributed by atoms with Crippen LogP contribution in [-0.4, -0.2) is 30.9 Å². The minimum Gasteiger partial charge on any atom is -0.444 e. The molecule has 0 atom stereocenters. The van der Waals surface area contributed by atoms with Gasteiger partial charge in [0.1, 0.15) is 5.76 Å². The number of oxazole rings is 1. The van der Waals surface area contributed by atoms with Crippen molar-refractivity contribution in [2.75, 3.05) is 12.4 Å². The summed E-state index contributed by atoms with van der Waals surface area (Å²) in [5.41, 5.74) is 0. The zero-order valence-electron chi connectivity index (χ0n) is 8.43. The van der Waals surface area contributed by atoms with E-state index < -0.39 is 16.6 Å². The monoisotopic (exact) mass is 234 g/mol. The SMILES string of the molecule is CCc1cnc(CNS(=O)(=O)CCO)o1. The van der Waals surface area contributed by atoms with E-state index in [0.717, 1.165) is 6.42 Å². The molecule has 1 heterocycles. The first-order valence-electron chi connectivity index (χ1n) is 4.59. The first kappa shape index (κ1) is 12.2. The summed E-state index contributed by atoms with van der Waals surface area (Å²) in [6.45, 7) is 1.53. The van der Waals surface area contributed by atoms with Crippen LogP contribution in [0.25, 0.3) is 0 Å². The van der Waals surface area contributed by atoms with Crippen LogP contribution in [0.1, 0.15) is 18.6 Å². The van der Waals surface area contributed by atoms with E-state index in [1.807, 2.05) is 6.92 Å². The number of aliphatic hydroxyl groups excluding tert-OH is 1. The standard InChI is InChI=1S/C8H14N2O4S/c1-2-7-5-9-8(14-7)6-10-15(12,13)4-3-11/h5,10-11H,2-4,6H2,1H3. The number of nitrogens with one attached hydrogen (secondary N) is 1. The fourth-order valence-electron chi connectivity index (χ4n) is 0.957. The van der Waals surface area contributed by atoms with Crippen LogP contribution in [-0.2, 0) is 23.0 Å². The van der Waals surface area contributed by atoms with Crippen molar-refractivity contribution in [3.8, 4) is 0 Å². The van der Waals surface area contributed by atoms with E-state index in [9.17, 15) is 8.42 Å². The molecule has 0 radical (unpaired) electrons. The zero-order valence-corrected chi connectivity index (χ0v) is 9.25. The maximum absolute atomic E-state index is 11.1. The molecule has 1 aromatic heterocycles. The Hall–Kier alpha value is -0.920. The normalized spacial score (nSPS) is 11.9. The predicted octanol–water partition coefficient (Wildman–Crippen LogP) is -0.351. The van der Waals surface area contributed by atoms with Gasteiger partial charge >= 0.3 is 0 Å². The van der Waals surface area contributed by atoms with Crippen LogP contribution >= 0.6 is 0 Å². The topological polar surface area (TPSA) is 92.4 Å². The average Bonchev–Trinajstić information content (AvgIpc) is 2.62. The third-order valence-corrected chi connectivity index (χ3v) is 3.06. The summed E-state index contributed by atoms with van der Waals surface area (Å²) < 4.78 is 29.8. The lowest BCUT2D eigenvalue weighted by Gasteiger charge is -2.01. The maximum atomic E-state index is 11.1. The largest absolute Gasteiger partial charge is 0.444 e. The Balaban J connectivity index is 2.50. The summed E-state index contributed by atoms with van der Waals surface area (Å²) in [6.07, 6.45) is 2.28. The number of hydrogen-bond donors (Lipinski definition) is 2. The van der Waals surface area contributed by atoms with E-state index in [1.54, 1.807) is 6.20 Å². The highest BCUT2D eigenvalue weighted by Crippen LogP contribution is 2.03. The zero-order chi connectivity index (χ0) is 11.3. The van der Waals surface area contributed by atoms with Crippen LogP contribution in [0.4, 0.5) is 0 Å². The highest BCUT2D eigenvalue weighted by Gasteiger charge is 2.10. The molecular weight excluding hydrogens is 220 g/mol. The Morgan fingerprint density at radius 2 is 2.33 bits per heavy atom. The van der Waals surface area contributed by atoms with Gasteiger partial charge < -0.3 is 9.52 Å². The smallest absolute Gasteiger partial charge is 0.214 e. The molecule has 0 aliphatic heterocycles. The van der Waals surface area contributed by atoms with Gasteiger partial charge in [-0.2, -0.15) is 0 Å². The molecule has 0 fully saturated rings. The van der Waals surface area contributed by atoms with E-state index in [0.29, 0.717) is 11.7 Å². The first-order chi connectivity index (χ1) is 7.07. The summed E-state index contributed by atoms with van der Waals surface area (Å²) in [7, 11) is -3.43. The van der Waals surface area contributed by atoms with E-state index in [-0.39, 0.29) is 12.3 Å². The number of rotatable bonds is 6. The predicted molar refractivity (Wildman–Crippen MR) is 53.6 cm³/mol. The van der Waals surface area contributed by atoms with Crippen LogP contribution in [0.2, 0.25) is 0 Å². The number of aromatic nitrogens is 1. The van der Waals surface area contributed by atoms with Gasteiger partial charge in [0.15, 0.2) is 0 Å². The molecule has 0 saturated heterocycles.